The molecule has 0 bridgehead atoms. The van der Waals surface area contributed by atoms with Crippen LogP contribution in [-0.4, -0.2) is 17.0 Å². The molecule has 0 amide bonds. The molecular formula is C12H12Br2FNO2. The van der Waals surface area contributed by atoms with Gasteiger partial charge in [0.2, 0.25) is 0 Å². The molecule has 0 aromatic heterocycles. The molecule has 3 nitrogen and oxygen atoms in total. The van der Waals surface area contributed by atoms with E-state index in [-0.39, 0.29) is 5.78 Å². The number of Topliss-reactive ketones (excluding diaryl/α,β-unsaturated/α-hetero) is 1. The van der Waals surface area contributed by atoms with Crippen molar-refractivity contribution in [3.63, 3.8) is 0 Å². The average molecular weight is 381 g/mol. The van der Waals surface area contributed by atoms with Crippen LogP contribution in [0.1, 0.15) is 25.7 Å². The summed E-state index contributed by atoms with van der Waals surface area (Å²) in [6.07, 6.45) is 2.88. The van der Waals surface area contributed by atoms with Gasteiger partial charge in [-0.3, -0.25) is 10.0 Å². The third-order valence-corrected chi connectivity index (χ3v) is 4.24. The zero-order valence-corrected chi connectivity index (χ0v) is 12.7. The standard InChI is InChI=1S/C12H12Br2FNO2/c13-8-5-7(15)6-9(14)12(8)16(18)10-3-1-2-4-11(10)17/h5-6,10,18H,1-4H2. The summed E-state index contributed by atoms with van der Waals surface area (Å²) in [6, 6.07) is 1.98. The zero-order chi connectivity index (χ0) is 13.3. The lowest BCUT2D eigenvalue weighted by Gasteiger charge is -2.30. The summed E-state index contributed by atoms with van der Waals surface area (Å²) in [5, 5.41) is 11.1. The van der Waals surface area contributed by atoms with Crippen LogP contribution in [0.15, 0.2) is 21.1 Å². The Morgan fingerprint density at radius 2 is 1.89 bits per heavy atom. The second-order valence-electron chi connectivity index (χ2n) is 4.29. The number of hydrogen-bond acceptors (Lipinski definition) is 3. The van der Waals surface area contributed by atoms with Crippen LogP contribution in [0.3, 0.4) is 0 Å². The van der Waals surface area contributed by atoms with Gasteiger partial charge in [-0.15, -0.1) is 0 Å². The number of carbonyl (C=O) groups excluding carboxylic acids is 1. The lowest BCUT2D eigenvalue weighted by molar-refractivity contribution is -0.123. The normalized spacial score (nSPS) is 20.0. The van der Waals surface area contributed by atoms with Gasteiger partial charge >= 0.3 is 0 Å². The molecule has 1 aromatic carbocycles. The van der Waals surface area contributed by atoms with E-state index < -0.39 is 11.9 Å². The molecular weight excluding hydrogens is 369 g/mol. The Hall–Kier alpha value is -0.460. The molecule has 0 aliphatic heterocycles. The van der Waals surface area contributed by atoms with Gasteiger partial charge in [0.1, 0.15) is 11.9 Å². The Kier molecular flexibility index (Phi) is 4.40. The summed E-state index contributed by atoms with van der Waals surface area (Å²) < 4.78 is 14.0. The highest BCUT2D eigenvalue weighted by Gasteiger charge is 2.30. The molecule has 6 heteroatoms. The predicted molar refractivity (Wildman–Crippen MR) is 73.3 cm³/mol. The number of hydrogen-bond donors (Lipinski definition) is 1. The third kappa shape index (κ3) is 2.75. The number of benzene rings is 1. The van der Waals surface area contributed by atoms with Gasteiger partial charge in [0.15, 0.2) is 5.78 Å². The van der Waals surface area contributed by atoms with Gasteiger partial charge in [0, 0.05) is 15.4 Å². The van der Waals surface area contributed by atoms with Gasteiger partial charge in [0.25, 0.3) is 0 Å². The molecule has 1 saturated carbocycles. The van der Waals surface area contributed by atoms with Crippen molar-refractivity contribution >= 4 is 43.3 Å². The minimum absolute atomic E-state index is 0.0203. The van der Waals surface area contributed by atoms with Gasteiger partial charge in [0.05, 0.1) is 5.69 Å². The Bertz CT molecular complexity index is 458. The van der Waals surface area contributed by atoms with Crippen molar-refractivity contribution in [2.24, 2.45) is 0 Å². The van der Waals surface area contributed by atoms with Crippen molar-refractivity contribution < 1.29 is 14.4 Å². The van der Waals surface area contributed by atoms with E-state index in [4.69, 9.17) is 0 Å². The lowest BCUT2D eigenvalue weighted by Crippen LogP contribution is -2.41. The predicted octanol–water partition coefficient (Wildman–Crippen LogP) is 4.06. The SMILES string of the molecule is O=C1CCCCC1N(O)c1c(Br)cc(F)cc1Br. The van der Waals surface area contributed by atoms with Crippen molar-refractivity contribution in [3.05, 3.63) is 26.9 Å². The molecule has 98 valence electrons. The first-order chi connectivity index (χ1) is 8.50. The van der Waals surface area contributed by atoms with Crippen LogP contribution in [0.25, 0.3) is 0 Å². The van der Waals surface area contributed by atoms with E-state index in [9.17, 15) is 14.4 Å². The van der Waals surface area contributed by atoms with Crippen LogP contribution in [0.4, 0.5) is 10.1 Å². The number of hydroxylamine groups is 1. The smallest absolute Gasteiger partial charge is 0.157 e. The monoisotopic (exact) mass is 379 g/mol. The van der Waals surface area contributed by atoms with Crippen LogP contribution in [-0.2, 0) is 4.79 Å². The molecule has 1 unspecified atom stereocenters. The molecule has 0 saturated heterocycles. The number of nitrogens with zero attached hydrogens (tertiary/aromatic N) is 1. The highest BCUT2D eigenvalue weighted by Crippen LogP contribution is 2.37. The molecule has 1 N–H and O–H groups in total. The molecule has 0 heterocycles. The minimum Gasteiger partial charge on any atom is -0.297 e. The number of carbonyl (C=O) groups is 1. The summed E-state index contributed by atoms with van der Waals surface area (Å²) in [7, 11) is 0. The highest BCUT2D eigenvalue weighted by molar-refractivity contribution is 9.11. The number of rotatable bonds is 2. The van der Waals surface area contributed by atoms with Crippen molar-refractivity contribution in [1.29, 1.82) is 0 Å². The molecule has 1 atom stereocenters. The first kappa shape index (κ1) is 14.0. The van der Waals surface area contributed by atoms with Crippen LogP contribution >= 0.6 is 31.9 Å². The zero-order valence-electron chi connectivity index (χ0n) is 9.50. The fraction of sp³-hybridized carbons (Fsp3) is 0.417. The summed E-state index contributed by atoms with van der Waals surface area (Å²) in [5.74, 6) is -0.396. The Morgan fingerprint density at radius 3 is 2.44 bits per heavy atom. The molecule has 1 aliphatic rings. The van der Waals surface area contributed by atoms with Crippen molar-refractivity contribution in [2.45, 2.75) is 31.7 Å². The second kappa shape index (κ2) is 5.67. The molecule has 1 aliphatic carbocycles. The second-order valence-corrected chi connectivity index (χ2v) is 6.00. The van der Waals surface area contributed by atoms with Crippen molar-refractivity contribution in [2.75, 3.05) is 5.06 Å². The first-order valence-corrected chi connectivity index (χ1v) is 7.24. The van der Waals surface area contributed by atoms with E-state index in [2.05, 4.69) is 31.9 Å². The Labute approximate surface area is 121 Å². The van der Waals surface area contributed by atoms with Crippen LogP contribution < -0.4 is 5.06 Å². The topological polar surface area (TPSA) is 40.5 Å². The molecule has 18 heavy (non-hydrogen) atoms. The van der Waals surface area contributed by atoms with E-state index in [0.717, 1.165) is 17.9 Å². The van der Waals surface area contributed by atoms with E-state index in [1.165, 1.54) is 12.1 Å². The molecule has 1 aromatic rings. The van der Waals surface area contributed by atoms with E-state index in [0.29, 0.717) is 27.5 Å². The van der Waals surface area contributed by atoms with Crippen molar-refractivity contribution in [1.82, 2.24) is 0 Å². The lowest BCUT2D eigenvalue weighted by atomic mass is 9.93. The van der Waals surface area contributed by atoms with Crippen LogP contribution in [0.5, 0.6) is 0 Å². The number of halogens is 3. The molecule has 0 spiro atoms. The maximum Gasteiger partial charge on any atom is 0.157 e. The summed E-state index contributed by atoms with van der Waals surface area (Å²) in [4.78, 5) is 11.8. The fourth-order valence-corrected chi connectivity index (χ4v) is 3.63. The largest absolute Gasteiger partial charge is 0.297 e. The molecule has 0 radical (unpaired) electrons. The fourth-order valence-electron chi connectivity index (χ4n) is 2.13. The molecule has 2 rings (SSSR count). The van der Waals surface area contributed by atoms with Gasteiger partial charge in [-0.05, 0) is 56.8 Å². The number of anilines is 1. The maximum absolute atomic E-state index is 13.2. The maximum atomic E-state index is 13.2. The van der Waals surface area contributed by atoms with Crippen LogP contribution in [0, 0.1) is 5.82 Å². The highest BCUT2D eigenvalue weighted by atomic mass is 79.9. The van der Waals surface area contributed by atoms with Crippen molar-refractivity contribution in [3.8, 4) is 0 Å². The average Bonchev–Trinajstić information content (AvgIpc) is 2.27. The van der Waals surface area contributed by atoms with Gasteiger partial charge in [-0.25, -0.2) is 9.45 Å². The summed E-state index contributed by atoms with van der Waals surface area (Å²) in [6.45, 7) is 0. The van der Waals surface area contributed by atoms with Crippen LogP contribution in [0.2, 0.25) is 0 Å². The van der Waals surface area contributed by atoms with E-state index >= 15 is 0 Å². The minimum atomic E-state index is -0.545. The summed E-state index contributed by atoms with van der Waals surface area (Å²) in [5.41, 5.74) is 0.386. The summed E-state index contributed by atoms with van der Waals surface area (Å²) >= 11 is 6.40. The Balaban J connectivity index is 2.33. The third-order valence-electron chi connectivity index (χ3n) is 3.03. The van der Waals surface area contributed by atoms with Gasteiger partial charge in [-0.1, -0.05) is 6.42 Å². The van der Waals surface area contributed by atoms with E-state index in [1.54, 1.807) is 0 Å². The quantitative estimate of drug-likeness (QED) is 0.786. The number of ketones is 1. The van der Waals surface area contributed by atoms with E-state index in [1.807, 2.05) is 0 Å². The van der Waals surface area contributed by atoms with Gasteiger partial charge in [-0.2, -0.15) is 0 Å². The Morgan fingerprint density at radius 1 is 1.28 bits per heavy atom. The first-order valence-electron chi connectivity index (χ1n) is 5.66. The van der Waals surface area contributed by atoms with Gasteiger partial charge < -0.3 is 0 Å². The molecule has 1 fully saturated rings.